The Morgan fingerprint density at radius 3 is 2.27 bits per heavy atom. The van der Waals surface area contributed by atoms with Crippen LogP contribution < -0.4 is 5.73 Å². The van der Waals surface area contributed by atoms with Crippen LogP contribution in [0.5, 0.6) is 0 Å². The first-order valence-electron chi connectivity index (χ1n) is 8.84. The van der Waals surface area contributed by atoms with Crippen LogP contribution >= 0.6 is 0 Å². The van der Waals surface area contributed by atoms with E-state index in [0.29, 0.717) is 25.0 Å². The van der Waals surface area contributed by atoms with E-state index in [9.17, 15) is 9.59 Å². The van der Waals surface area contributed by atoms with Gasteiger partial charge in [-0.3, -0.25) is 4.79 Å². The second-order valence-corrected chi connectivity index (χ2v) is 7.91. The lowest BCUT2D eigenvalue weighted by Gasteiger charge is -2.53. The summed E-state index contributed by atoms with van der Waals surface area (Å²) in [5.74, 6) is 2.96. The van der Waals surface area contributed by atoms with E-state index in [-0.39, 0.29) is 17.9 Å². The maximum Gasteiger partial charge on any atom is 0.315 e. The Kier molecular flexibility index (Phi) is 3.54. The molecule has 5 fully saturated rings. The van der Waals surface area contributed by atoms with Gasteiger partial charge < -0.3 is 15.4 Å². The summed E-state index contributed by atoms with van der Waals surface area (Å²) in [6.07, 6.45) is 8.13. The molecule has 1 heterocycles. The minimum atomic E-state index is -0.395. The van der Waals surface area contributed by atoms with Crippen LogP contribution in [0.2, 0.25) is 0 Å². The highest BCUT2D eigenvalue weighted by Gasteiger charge is 2.51. The molecule has 4 saturated carbocycles. The fourth-order valence-electron chi connectivity index (χ4n) is 5.88. The van der Waals surface area contributed by atoms with Crippen LogP contribution in [0.3, 0.4) is 0 Å². The van der Waals surface area contributed by atoms with Crippen molar-refractivity contribution in [3.8, 4) is 0 Å². The van der Waals surface area contributed by atoms with Crippen molar-refractivity contribution in [1.29, 1.82) is 0 Å². The van der Waals surface area contributed by atoms with Gasteiger partial charge in [0, 0.05) is 6.54 Å². The third-order valence-electron chi connectivity index (χ3n) is 6.58. The van der Waals surface area contributed by atoms with E-state index in [4.69, 9.17) is 10.5 Å². The van der Waals surface area contributed by atoms with E-state index in [1.807, 2.05) is 0 Å². The number of primary amides is 1. The number of nitrogens with zero attached hydrogens (tertiary/aromatic N) is 1. The number of hydrogen-bond acceptors (Lipinski definition) is 3. The van der Waals surface area contributed by atoms with Crippen LogP contribution in [0.1, 0.15) is 44.9 Å². The highest BCUT2D eigenvalue weighted by atomic mass is 16.5. The molecule has 2 amide bonds. The number of urea groups is 1. The number of esters is 1. The largest absolute Gasteiger partial charge is 0.463 e. The van der Waals surface area contributed by atoms with Gasteiger partial charge in [0.25, 0.3) is 0 Å². The van der Waals surface area contributed by atoms with E-state index in [0.717, 1.165) is 24.7 Å². The van der Waals surface area contributed by atoms with Gasteiger partial charge in [0.15, 0.2) is 0 Å². The van der Waals surface area contributed by atoms with Crippen molar-refractivity contribution < 1.29 is 14.3 Å². The van der Waals surface area contributed by atoms with Crippen LogP contribution in [-0.2, 0) is 9.53 Å². The van der Waals surface area contributed by atoms with Crippen molar-refractivity contribution in [3.05, 3.63) is 0 Å². The number of amides is 2. The maximum absolute atomic E-state index is 12.6. The molecule has 0 unspecified atom stereocenters. The van der Waals surface area contributed by atoms with E-state index in [2.05, 4.69) is 0 Å². The number of carbonyl (C=O) groups is 2. The molecule has 5 heteroatoms. The quantitative estimate of drug-likeness (QED) is 0.812. The Balaban J connectivity index is 1.36. The van der Waals surface area contributed by atoms with Crippen molar-refractivity contribution in [1.82, 2.24) is 4.90 Å². The molecule has 1 aliphatic heterocycles. The number of likely N-dealkylation sites (tertiary alicyclic amines) is 1. The number of carbonyl (C=O) groups excluding carboxylic acids is 2. The van der Waals surface area contributed by atoms with Crippen LogP contribution in [0.4, 0.5) is 4.79 Å². The summed E-state index contributed by atoms with van der Waals surface area (Å²) in [4.78, 5) is 25.6. The molecule has 2 N–H and O–H groups in total. The molecule has 0 spiro atoms. The number of ether oxygens (including phenoxy) is 1. The summed E-state index contributed by atoms with van der Waals surface area (Å²) in [6.45, 7) is 1.01. The lowest BCUT2D eigenvalue weighted by molar-refractivity contribution is -0.163. The lowest BCUT2D eigenvalue weighted by atomic mass is 9.52. The molecule has 22 heavy (non-hydrogen) atoms. The van der Waals surface area contributed by atoms with Gasteiger partial charge in [0.05, 0.1) is 12.0 Å². The molecule has 1 atom stereocenters. The fraction of sp³-hybridized carbons (Fsp3) is 0.882. The number of nitrogens with two attached hydrogens (primary N) is 1. The van der Waals surface area contributed by atoms with Crippen LogP contribution in [-0.4, -0.2) is 36.1 Å². The Hall–Kier alpha value is -1.26. The Bertz CT molecular complexity index is 451. The van der Waals surface area contributed by atoms with Crippen molar-refractivity contribution in [2.75, 3.05) is 13.2 Å². The van der Waals surface area contributed by atoms with Gasteiger partial charge >= 0.3 is 12.0 Å². The van der Waals surface area contributed by atoms with Crippen LogP contribution in [0.15, 0.2) is 0 Å². The molecule has 1 saturated heterocycles. The third-order valence-corrected chi connectivity index (χ3v) is 6.58. The first kappa shape index (κ1) is 14.3. The normalized spacial score (nSPS) is 42.6. The summed E-state index contributed by atoms with van der Waals surface area (Å²) in [7, 11) is 0. The molecule has 4 aliphatic carbocycles. The van der Waals surface area contributed by atoms with Gasteiger partial charge in [0.1, 0.15) is 6.61 Å². The molecule has 5 nitrogen and oxygen atoms in total. The summed E-state index contributed by atoms with van der Waals surface area (Å²) in [5, 5.41) is 0. The van der Waals surface area contributed by atoms with Crippen LogP contribution in [0, 0.1) is 29.6 Å². The first-order chi connectivity index (χ1) is 10.6. The van der Waals surface area contributed by atoms with Gasteiger partial charge in [-0.15, -0.1) is 0 Å². The van der Waals surface area contributed by atoms with E-state index < -0.39 is 6.03 Å². The molecule has 5 aliphatic rings. The molecule has 0 aromatic heterocycles. The Morgan fingerprint density at radius 1 is 1.05 bits per heavy atom. The Morgan fingerprint density at radius 2 is 1.68 bits per heavy atom. The lowest BCUT2D eigenvalue weighted by Crippen LogP contribution is -2.49. The highest BCUT2D eigenvalue weighted by molar-refractivity contribution is 5.74. The average molecular weight is 306 g/mol. The second-order valence-electron chi connectivity index (χ2n) is 7.91. The molecule has 0 radical (unpaired) electrons. The number of rotatable bonds is 3. The molecule has 122 valence electrons. The van der Waals surface area contributed by atoms with Gasteiger partial charge in [-0.1, -0.05) is 0 Å². The molecule has 0 aromatic rings. The van der Waals surface area contributed by atoms with Crippen molar-refractivity contribution in [3.63, 3.8) is 0 Å². The topological polar surface area (TPSA) is 72.6 Å². The summed E-state index contributed by atoms with van der Waals surface area (Å²) >= 11 is 0. The molecule has 0 aromatic carbocycles. The van der Waals surface area contributed by atoms with Crippen molar-refractivity contribution in [2.45, 2.75) is 51.0 Å². The molecule has 4 bridgehead atoms. The standard InChI is InChI=1S/C17H26N2O3/c18-17(21)19-3-1-2-14(19)9-22-16(20)15-12-5-10-4-11(7-12)8-13(15)6-10/h10-15H,1-9H2,(H2,18,21)/t10?,11?,12?,13?,14-,15?/m0/s1. The van der Waals surface area contributed by atoms with E-state index in [1.54, 1.807) is 4.90 Å². The van der Waals surface area contributed by atoms with Gasteiger partial charge in [-0.25, -0.2) is 4.79 Å². The zero-order chi connectivity index (χ0) is 15.3. The van der Waals surface area contributed by atoms with Crippen LogP contribution in [0.25, 0.3) is 0 Å². The molecule has 5 rings (SSSR count). The summed E-state index contributed by atoms with van der Waals surface area (Å²) in [6, 6.07) is -0.411. The van der Waals surface area contributed by atoms with E-state index >= 15 is 0 Å². The minimum absolute atomic E-state index is 0.00915. The third kappa shape index (κ3) is 2.38. The SMILES string of the molecule is NC(=O)N1CCC[C@H]1COC(=O)C1C2CC3CC(C2)CC1C3. The van der Waals surface area contributed by atoms with Crippen molar-refractivity contribution >= 4 is 12.0 Å². The molecular formula is C17H26N2O3. The predicted molar refractivity (Wildman–Crippen MR) is 80.8 cm³/mol. The zero-order valence-electron chi connectivity index (χ0n) is 13.1. The maximum atomic E-state index is 12.6. The highest BCUT2D eigenvalue weighted by Crippen LogP contribution is 2.56. The Labute approximate surface area is 131 Å². The fourth-order valence-corrected chi connectivity index (χ4v) is 5.88. The first-order valence-corrected chi connectivity index (χ1v) is 8.84. The van der Waals surface area contributed by atoms with Gasteiger partial charge in [-0.05, 0) is 68.6 Å². The predicted octanol–water partition coefficient (Wildman–Crippen LogP) is 2.14. The summed E-state index contributed by atoms with van der Waals surface area (Å²) in [5.41, 5.74) is 5.38. The summed E-state index contributed by atoms with van der Waals surface area (Å²) < 4.78 is 5.64. The van der Waals surface area contributed by atoms with E-state index in [1.165, 1.54) is 32.1 Å². The average Bonchev–Trinajstić information content (AvgIpc) is 2.92. The van der Waals surface area contributed by atoms with Gasteiger partial charge in [0.2, 0.25) is 0 Å². The zero-order valence-corrected chi connectivity index (χ0v) is 13.1. The van der Waals surface area contributed by atoms with Gasteiger partial charge in [-0.2, -0.15) is 0 Å². The smallest absolute Gasteiger partial charge is 0.315 e. The van der Waals surface area contributed by atoms with Crippen molar-refractivity contribution in [2.24, 2.45) is 35.3 Å². The minimum Gasteiger partial charge on any atom is -0.463 e. The monoisotopic (exact) mass is 306 g/mol. The second kappa shape index (κ2) is 5.43. The number of hydrogen-bond donors (Lipinski definition) is 1. The molecular weight excluding hydrogens is 280 g/mol.